The van der Waals surface area contributed by atoms with Crippen molar-refractivity contribution < 1.29 is 14.3 Å². The van der Waals surface area contributed by atoms with Gasteiger partial charge in [-0.2, -0.15) is 0 Å². The molecule has 2 N–H and O–H groups in total. The van der Waals surface area contributed by atoms with Crippen LogP contribution in [0.5, 0.6) is 0 Å². The van der Waals surface area contributed by atoms with Gasteiger partial charge in [-0.1, -0.05) is 0 Å². The summed E-state index contributed by atoms with van der Waals surface area (Å²) in [6.07, 6.45) is 1.23. The fourth-order valence-corrected chi connectivity index (χ4v) is 2.48. The van der Waals surface area contributed by atoms with Crippen LogP contribution < -0.4 is 10.6 Å². The highest BCUT2D eigenvalue weighted by atomic mass is 16.5. The van der Waals surface area contributed by atoms with Crippen molar-refractivity contribution in [3.8, 4) is 0 Å². The van der Waals surface area contributed by atoms with Gasteiger partial charge in [-0.05, 0) is 19.9 Å². The third-order valence-corrected chi connectivity index (χ3v) is 3.91. The van der Waals surface area contributed by atoms with Crippen molar-refractivity contribution in [2.45, 2.75) is 19.8 Å². The van der Waals surface area contributed by atoms with Crippen LogP contribution in [0.1, 0.15) is 19.8 Å². The van der Waals surface area contributed by atoms with E-state index in [0.29, 0.717) is 39.3 Å². The van der Waals surface area contributed by atoms with E-state index in [9.17, 15) is 9.59 Å². The Balaban J connectivity index is 1.68. The van der Waals surface area contributed by atoms with Crippen LogP contribution >= 0.6 is 0 Å². The van der Waals surface area contributed by atoms with Crippen molar-refractivity contribution in [3.63, 3.8) is 0 Å². The Bertz CT molecular complexity index is 334. The quantitative estimate of drug-likeness (QED) is 0.711. The molecule has 2 amide bonds. The first-order chi connectivity index (χ1) is 9.12. The average Bonchev–Trinajstić information content (AvgIpc) is 2.88. The van der Waals surface area contributed by atoms with E-state index in [2.05, 4.69) is 10.6 Å². The monoisotopic (exact) mass is 269 g/mol. The molecular formula is C13H23N3O3. The first kappa shape index (κ1) is 14.3. The largest absolute Gasteiger partial charge is 0.378 e. The lowest BCUT2D eigenvalue weighted by atomic mass is 9.89. The van der Waals surface area contributed by atoms with Crippen molar-refractivity contribution in [1.82, 2.24) is 15.5 Å². The molecule has 108 valence electrons. The predicted octanol–water partition coefficient (Wildman–Crippen LogP) is -0.649. The topological polar surface area (TPSA) is 70.7 Å². The number of rotatable bonds is 4. The van der Waals surface area contributed by atoms with Gasteiger partial charge in [-0.25, -0.2) is 0 Å². The van der Waals surface area contributed by atoms with Crippen LogP contribution in [0.3, 0.4) is 0 Å². The second kappa shape index (κ2) is 6.34. The Labute approximate surface area is 113 Å². The second-order valence-corrected chi connectivity index (χ2v) is 5.49. The number of amides is 2. The maximum Gasteiger partial charge on any atom is 0.227 e. The first-order valence-electron chi connectivity index (χ1n) is 6.96. The number of hydrogen-bond donors (Lipinski definition) is 2. The highest BCUT2D eigenvalue weighted by molar-refractivity contribution is 5.83. The smallest absolute Gasteiger partial charge is 0.227 e. The number of ether oxygens (including phenoxy) is 1. The summed E-state index contributed by atoms with van der Waals surface area (Å²) in [6.45, 7) is 6.54. The van der Waals surface area contributed by atoms with Gasteiger partial charge >= 0.3 is 0 Å². The number of nitrogens with one attached hydrogen (secondary N) is 2. The van der Waals surface area contributed by atoms with Crippen molar-refractivity contribution in [1.29, 1.82) is 0 Å². The van der Waals surface area contributed by atoms with E-state index in [1.54, 1.807) is 4.90 Å². The summed E-state index contributed by atoms with van der Waals surface area (Å²) in [4.78, 5) is 25.7. The Morgan fingerprint density at radius 2 is 2.11 bits per heavy atom. The molecule has 0 aromatic rings. The lowest BCUT2D eigenvalue weighted by Crippen LogP contribution is -2.44. The van der Waals surface area contributed by atoms with E-state index in [1.807, 2.05) is 6.92 Å². The van der Waals surface area contributed by atoms with Gasteiger partial charge in [0, 0.05) is 32.6 Å². The van der Waals surface area contributed by atoms with Crippen LogP contribution in [0, 0.1) is 5.41 Å². The summed E-state index contributed by atoms with van der Waals surface area (Å²) in [5.74, 6) is 0.144. The maximum atomic E-state index is 12.0. The van der Waals surface area contributed by atoms with Gasteiger partial charge in [0.2, 0.25) is 11.8 Å². The zero-order valence-electron chi connectivity index (χ0n) is 11.5. The van der Waals surface area contributed by atoms with Crippen molar-refractivity contribution >= 4 is 11.8 Å². The Morgan fingerprint density at radius 1 is 1.37 bits per heavy atom. The number of carbonyl (C=O) groups excluding carboxylic acids is 2. The van der Waals surface area contributed by atoms with E-state index >= 15 is 0 Å². The highest BCUT2D eigenvalue weighted by Crippen LogP contribution is 2.24. The molecule has 0 aromatic carbocycles. The molecule has 0 radical (unpaired) electrons. The SMILES string of the molecule is CC1(C(=O)NCCC(=O)N2CCOCC2)CCNC1. The molecule has 2 saturated heterocycles. The lowest BCUT2D eigenvalue weighted by Gasteiger charge is -2.27. The maximum absolute atomic E-state index is 12.0. The molecule has 0 bridgehead atoms. The summed E-state index contributed by atoms with van der Waals surface area (Å²) in [7, 11) is 0. The van der Waals surface area contributed by atoms with Crippen molar-refractivity contribution in [2.75, 3.05) is 45.9 Å². The third-order valence-electron chi connectivity index (χ3n) is 3.91. The molecule has 2 fully saturated rings. The molecule has 2 rings (SSSR count). The van der Waals surface area contributed by atoms with Gasteiger partial charge < -0.3 is 20.3 Å². The molecule has 1 atom stereocenters. The molecule has 19 heavy (non-hydrogen) atoms. The summed E-state index contributed by atoms with van der Waals surface area (Å²) in [5, 5.41) is 6.07. The highest BCUT2D eigenvalue weighted by Gasteiger charge is 2.35. The summed E-state index contributed by atoms with van der Waals surface area (Å²) in [5.41, 5.74) is -0.317. The van der Waals surface area contributed by atoms with E-state index < -0.39 is 0 Å². The van der Waals surface area contributed by atoms with Crippen LogP contribution in [-0.4, -0.2) is 62.7 Å². The average molecular weight is 269 g/mol. The zero-order valence-corrected chi connectivity index (χ0v) is 11.5. The van der Waals surface area contributed by atoms with Gasteiger partial charge in [-0.15, -0.1) is 0 Å². The molecule has 2 heterocycles. The van der Waals surface area contributed by atoms with Gasteiger partial charge in [0.1, 0.15) is 0 Å². The van der Waals surface area contributed by atoms with Gasteiger partial charge in [0.15, 0.2) is 0 Å². The third kappa shape index (κ3) is 3.67. The minimum Gasteiger partial charge on any atom is -0.378 e. The summed E-state index contributed by atoms with van der Waals surface area (Å²) in [6, 6.07) is 0. The number of hydrogen-bond acceptors (Lipinski definition) is 4. The second-order valence-electron chi connectivity index (χ2n) is 5.49. The molecule has 6 heteroatoms. The Kier molecular flexibility index (Phi) is 4.76. The molecule has 0 saturated carbocycles. The van der Waals surface area contributed by atoms with Crippen LogP contribution in [0.15, 0.2) is 0 Å². The van der Waals surface area contributed by atoms with Gasteiger partial charge in [0.25, 0.3) is 0 Å². The number of carbonyl (C=O) groups is 2. The van der Waals surface area contributed by atoms with Crippen LogP contribution in [0.4, 0.5) is 0 Å². The first-order valence-corrected chi connectivity index (χ1v) is 6.96. The molecule has 0 spiro atoms. The molecule has 0 aromatic heterocycles. The van der Waals surface area contributed by atoms with Crippen LogP contribution in [-0.2, 0) is 14.3 Å². The summed E-state index contributed by atoms with van der Waals surface area (Å²) >= 11 is 0. The molecule has 0 aliphatic carbocycles. The zero-order chi connectivity index (χ0) is 13.7. The molecule has 6 nitrogen and oxygen atoms in total. The minimum atomic E-state index is -0.317. The van der Waals surface area contributed by atoms with E-state index in [1.165, 1.54) is 0 Å². The Morgan fingerprint density at radius 3 is 2.74 bits per heavy atom. The molecular weight excluding hydrogens is 246 g/mol. The van der Waals surface area contributed by atoms with E-state index in [0.717, 1.165) is 19.5 Å². The minimum absolute atomic E-state index is 0.0484. The van der Waals surface area contributed by atoms with Crippen molar-refractivity contribution in [2.24, 2.45) is 5.41 Å². The Hall–Kier alpha value is -1.14. The fourth-order valence-electron chi connectivity index (χ4n) is 2.48. The van der Waals surface area contributed by atoms with E-state index in [-0.39, 0.29) is 17.2 Å². The standard InChI is InChI=1S/C13H23N3O3/c1-13(3-5-14-10-13)12(18)15-4-2-11(17)16-6-8-19-9-7-16/h14H,2-10H2,1H3,(H,15,18). The van der Waals surface area contributed by atoms with Crippen LogP contribution in [0.25, 0.3) is 0 Å². The van der Waals surface area contributed by atoms with Crippen LogP contribution in [0.2, 0.25) is 0 Å². The molecule has 2 aliphatic heterocycles. The lowest BCUT2D eigenvalue weighted by molar-refractivity contribution is -0.135. The summed E-state index contributed by atoms with van der Waals surface area (Å²) < 4.78 is 5.20. The number of morpholine rings is 1. The molecule has 2 aliphatic rings. The normalized spacial score (nSPS) is 27.3. The predicted molar refractivity (Wildman–Crippen MR) is 70.6 cm³/mol. The van der Waals surface area contributed by atoms with Crippen molar-refractivity contribution in [3.05, 3.63) is 0 Å². The van der Waals surface area contributed by atoms with Gasteiger partial charge in [-0.3, -0.25) is 9.59 Å². The fraction of sp³-hybridized carbons (Fsp3) is 0.846. The number of nitrogens with zero attached hydrogens (tertiary/aromatic N) is 1. The molecule has 1 unspecified atom stereocenters. The van der Waals surface area contributed by atoms with E-state index in [4.69, 9.17) is 4.74 Å². The van der Waals surface area contributed by atoms with Gasteiger partial charge in [0.05, 0.1) is 18.6 Å².